The van der Waals surface area contributed by atoms with E-state index in [1.54, 1.807) is 12.4 Å². The summed E-state index contributed by atoms with van der Waals surface area (Å²) in [6.07, 6.45) is 3.68. The lowest BCUT2D eigenvalue weighted by Crippen LogP contribution is -2.20. The summed E-state index contributed by atoms with van der Waals surface area (Å²) < 4.78 is 0. The molecule has 2 N–H and O–H groups in total. The van der Waals surface area contributed by atoms with E-state index in [2.05, 4.69) is 21.1 Å². The van der Waals surface area contributed by atoms with E-state index in [0.29, 0.717) is 0 Å². The van der Waals surface area contributed by atoms with Crippen molar-refractivity contribution >= 4 is 45.8 Å². The Morgan fingerprint density at radius 3 is 1.37 bits per heavy atom. The molecule has 2 amide bonds. The summed E-state index contributed by atoms with van der Waals surface area (Å²) in [5.74, 6) is -0.360. The molecule has 0 unspecified atom stereocenters. The molecule has 5 aromatic rings. The van der Waals surface area contributed by atoms with E-state index < -0.39 is 0 Å². The van der Waals surface area contributed by atoms with Gasteiger partial charge >= 0.3 is 0 Å². The predicted octanol–water partition coefficient (Wildman–Crippen LogP) is 5.38. The number of benzene rings is 5. The topological polar surface area (TPSA) is 82.9 Å². The van der Waals surface area contributed by atoms with Gasteiger partial charge in [0.25, 0.3) is 0 Å². The Bertz CT molecular complexity index is 1520. The van der Waals surface area contributed by atoms with Gasteiger partial charge in [0.05, 0.1) is 25.3 Å². The Morgan fingerprint density at radius 1 is 0.526 bits per heavy atom. The molecule has 0 aliphatic carbocycles. The van der Waals surface area contributed by atoms with Crippen LogP contribution in [0.2, 0.25) is 0 Å². The van der Waals surface area contributed by atoms with Crippen LogP contribution in [-0.2, 0) is 22.4 Å². The van der Waals surface area contributed by atoms with Crippen molar-refractivity contribution in [2.24, 2.45) is 10.2 Å². The Morgan fingerprint density at radius 2 is 0.921 bits per heavy atom. The molecule has 186 valence electrons. The SMILES string of the molecule is O=C(Cc1cccc2ccccc12)NN=Cc1ccc(C=NNC(=O)Cc2cccc3ccccc23)cc1. The molecule has 6 heteroatoms. The minimum Gasteiger partial charge on any atom is -0.273 e. The maximum atomic E-state index is 12.4. The summed E-state index contributed by atoms with van der Waals surface area (Å²) in [6, 6.07) is 35.3. The first-order valence-corrected chi connectivity index (χ1v) is 12.3. The minimum atomic E-state index is -0.180. The van der Waals surface area contributed by atoms with Crippen molar-refractivity contribution in [3.8, 4) is 0 Å². The van der Waals surface area contributed by atoms with Crippen molar-refractivity contribution in [2.45, 2.75) is 12.8 Å². The minimum absolute atomic E-state index is 0.180. The number of hydrogen-bond donors (Lipinski definition) is 2. The molecule has 0 saturated carbocycles. The standard InChI is InChI=1S/C32H26N4O2/c37-31(19-27-11-5-9-25-7-1-3-13-29(25)27)35-33-21-23-15-17-24(18-16-23)22-34-36-32(38)20-28-12-6-10-26-8-2-4-14-30(26)28/h1-18,21-22H,19-20H2,(H,35,37)(H,36,38). The number of carbonyl (C=O) groups excluding carboxylic acids is 2. The van der Waals surface area contributed by atoms with Gasteiger partial charge < -0.3 is 0 Å². The van der Waals surface area contributed by atoms with Crippen LogP contribution in [0.1, 0.15) is 22.3 Å². The predicted molar refractivity (Wildman–Crippen MR) is 153 cm³/mol. The van der Waals surface area contributed by atoms with Crippen LogP contribution < -0.4 is 10.9 Å². The van der Waals surface area contributed by atoms with E-state index in [9.17, 15) is 9.59 Å². The lowest BCUT2D eigenvalue weighted by molar-refractivity contribution is -0.121. The first-order valence-electron chi connectivity index (χ1n) is 12.3. The van der Waals surface area contributed by atoms with Crippen LogP contribution in [0.25, 0.3) is 21.5 Å². The van der Waals surface area contributed by atoms with Gasteiger partial charge in [0.2, 0.25) is 11.8 Å². The van der Waals surface area contributed by atoms with Gasteiger partial charge in [0, 0.05) is 0 Å². The van der Waals surface area contributed by atoms with Gasteiger partial charge in [-0.3, -0.25) is 9.59 Å². The second-order valence-electron chi connectivity index (χ2n) is 8.88. The molecule has 38 heavy (non-hydrogen) atoms. The Labute approximate surface area is 220 Å². The summed E-state index contributed by atoms with van der Waals surface area (Å²) in [5.41, 5.74) is 8.76. The number of hydrogen-bond acceptors (Lipinski definition) is 4. The first-order chi connectivity index (χ1) is 18.7. The van der Waals surface area contributed by atoms with Crippen LogP contribution in [0.15, 0.2) is 119 Å². The molecule has 0 aromatic heterocycles. The van der Waals surface area contributed by atoms with E-state index in [1.807, 2.05) is 109 Å². The molecule has 0 aliphatic rings. The van der Waals surface area contributed by atoms with Gasteiger partial charge in [-0.2, -0.15) is 10.2 Å². The van der Waals surface area contributed by atoms with E-state index >= 15 is 0 Å². The fourth-order valence-electron chi connectivity index (χ4n) is 4.34. The van der Waals surface area contributed by atoms with E-state index in [0.717, 1.165) is 43.8 Å². The van der Waals surface area contributed by atoms with Crippen LogP contribution in [0, 0.1) is 0 Å². The highest BCUT2D eigenvalue weighted by atomic mass is 16.2. The molecule has 0 aliphatic heterocycles. The molecule has 0 spiro atoms. The van der Waals surface area contributed by atoms with E-state index in [1.165, 1.54) is 0 Å². The molecular weight excluding hydrogens is 472 g/mol. The third-order valence-corrected chi connectivity index (χ3v) is 6.20. The number of amides is 2. The highest BCUT2D eigenvalue weighted by Crippen LogP contribution is 2.19. The number of hydrazone groups is 2. The molecule has 0 saturated heterocycles. The fraction of sp³-hybridized carbons (Fsp3) is 0.0625. The van der Waals surface area contributed by atoms with Crippen molar-refractivity contribution in [3.05, 3.63) is 131 Å². The van der Waals surface area contributed by atoms with Gasteiger partial charge in [0.15, 0.2) is 0 Å². The Balaban J connectivity index is 1.11. The molecule has 5 rings (SSSR count). The molecule has 0 heterocycles. The van der Waals surface area contributed by atoms with Gasteiger partial charge in [-0.15, -0.1) is 0 Å². The zero-order valence-corrected chi connectivity index (χ0v) is 20.7. The van der Waals surface area contributed by atoms with Gasteiger partial charge in [-0.25, -0.2) is 10.9 Å². The first kappa shape index (κ1) is 24.6. The average molecular weight is 499 g/mol. The lowest BCUT2D eigenvalue weighted by atomic mass is 10.0. The van der Waals surface area contributed by atoms with Gasteiger partial charge in [-0.1, -0.05) is 109 Å². The molecule has 0 fully saturated rings. The molecule has 6 nitrogen and oxygen atoms in total. The van der Waals surface area contributed by atoms with Crippen LogP contribution in [-0.4, -0.2) is 24.2 Å². The number of fused-ring (bicyclic) bond motifs is 2. The summed E-state index contributed by atoms with van der Waals surface area (Å²) in [6.45, 7) is 0. The molecular formula is C32H26N4O2. The van der Waals surface area contributed by atoms with Crippen LogP contribution in [0.4, 0.5) is 0 Å². The summed E-state index contributed by atoms with van der Waals surface area (Å²) in [7, 11) is 0. The average Bonchev–Trinajstić information content (AvgIpc) is 2.94. The van der Waals surface area contributed by atoms with E-state index in [-0.39, 0.29) is 24.7 Å². The number of nitrogens with zero attached hydrogens (tertiary/aromatic N) is 2. The number of nitrogens with one attached hydrogen (secondary N) is 2. The maximum Gasteiger partial charge on any atom is 0.244 e. The zero-order valence-electron chi connectivity index (χ0n) is 20.7. The Hall–Kier alpha value is -5.10. The van der Waals surface area contributed by atoms with Crippen molar-refractivity contribution in [3.63, 3.8) is 0 Å². The van der Waals surface area contributed by atoms with Crippen LogP contribution in [0.5, 0.6) is 0 Å². The highest BCUT2D eigenvalue weighted by Gasteiger charge is 2.07. The zero-order chi connectivity index (χ0) is 26.2. The number of rotatable bonds is 8. The second kappa shape index (κ2) is 11.8. The molecule has 5 aromatic carbocycles. The highest BCUT2D eigenvalue weighted by molar-refractivity contribution is 5.92. The van der Waals surface area contributed by atoms with Crippen molar-refractivity contribution in [1.82, 2.24) is 10.9 Å². The fourth-order valence-corrected chi connectivity index (χ4v) is 4.34. The third-order valence-electron chi connectivity index (χ3n) is 6.20. The van der Waals surface area contributed by atoms with Crippen LogP contribution >= 0.6 is 0 Å². The summed E-state index contributed by atoms with van der Waals surface area (Å²) in [5, 5.41) is 12.5. The second-order valence-corrected chi connectivity index (χ2v) is 8.88. The molecule has 0 bridgehead atoms. The lowest BCUT2D eigenvalue weighted by Gasteiger charge is -2.05. The molecule has 0 atom stereocenters. The van der Waals surface area contributed by atoms with Crippen molar-refractivity contribution < 1.29 is 9.59 Å². The quantitative estimate of drug-likeness (QED) is 0.222. The Kier molecular flexibility index (Phi) is 7.61. The van der Waals surface area contributed by atoms with Crippen LogP contribution in [0.3, 0.4) is 0 Å². The number of carbonyl (C=O) groups is 2. The summed E-state index contributed by atoms with van der Waals surface area (Å²) >= 11 is 0. The normalized spacial score (nSPS) is 11.4. The third kappa shape index (κ3) is 6.17. The van der Waals surface area contributed by atoms with Gasteiger partial charge in [0.1, 0.15) is 0 Å². The van der Waals surface area contributed by atoms with E-state index in [4.69, 9.17) is 0 Å². The van der Waals surface area contributed by atoms with Crippen molar-refractivity contribution in [1.29, 1.82) is 0 Å². The largest absolute Gasteiger partial charge is 0.273 e. The van der Waals surface area contributed by atoms with Crippen molar-refractivity contribution in [2.75, 3.05) is 0 Å². The van der Waals surface area contributed by atoms with Gasteiger partial charge in [-0.05, 0) is 43.8 Å². The smallest absolute Gasteiger partial charge is 0.244 e. The maximum absolute atomic E-state index is 12.4. The summed E-state index contributed by atoms with van der Waals surface area (Å²) in [4.78, 5) is 24.8. The monoisotopic (exact) mass is 498 g/mol. The molecule has 0 radical (unpaired) electrons.